The van der Waals surface area contributed by atoms with E-state index in [1.165, 1.54) is 12.8 Å². The second kappa shape index (κ2) is 4.96. The van der Waals surface area contributed by atoms with Crippen LogP contribution in [0.15, 0.2) is 6.20 Å². The van der Waals surface area contributed by atoms with Crippen LogP contribution in [-0.4, -0.2) is 40.1 Å². The first-order valence-electron chi connectivity index (χ1n) is 6.11. The largest absolute Gasteiger partial charge is 0.321 e. The Kier molecular flexibility index (Phi) is 3.76. The van der Waals surface area contributed by atoms with Crippen molar-refractivity contribution in [2.24, 2.45) is 7.05 Å². The van der Waals surface area contributed by atoms with E-state index in [-0.39, 0.29) is 0 Å². The summed E-state index contributed by atoms with van der Waals surface area (Å²) in [6.45, 7) is 5.41. The Morgan fingerprint density at radius 3 is 2.59 bits per heavy atom. The van der Waals surface area contributed by atoms with E-state index in [1.54, 1.807) is 6.20 Å². The summed E-state index contributed by atoms with van der Waals surface area (Å²) < 4.78 is 1.95. The first-order valence-corrected chi connectivity index (χ1v) is 6.49. The third kappa shape index (κ3) is 2.81. The molecule has 0 saturated carbocycles. The van der Waals surface area contributed by atoms with Gasteiger partial charge in [0.2, 0.25) is 0 Å². The zero-order valence-electron chi connectivity index (χ0n) is 10.8. The van der Waals surface area contributed by atoms with E-state index >= 15 is 0 Å². The van der Waals surface area contributed by atoms with E-state index in [0.717, 1.165) is 25.5 Å². The van der Waals surface area contributed by atoms with Gasteiger partial charge >= 0.3 is 0 Å². The maximum Gasteiger partial charge on any atom is 0.128 e. The molecule has 0 unspecified atom stereocenters. The predicted molar refractivity (Wildman–Crippen MR) is 70.2 cm³/mol. The van der Waals surface area contributed by atoms with Gasteiger partial charge in [-0.25, -0.2) is 4.98 Å². The zero-order chi connectivity index (χ0) is 12.5. The molecule has 0 aromatic carbocycles. The first-order chi connectivity index (χ1) is 8.04. The number of nitrogens with one attached hydrogen (secondary N) is 1. The maximum absolute atomic E-state index is 5.99. The fourth-order valence-corrected chi connectivity index (χ4v) is 2.37. The number of likely N-dealkylation sites (tertiary alicyclic amines) is 1. The van der Waals surface area contributed by atoms with Crippen molar-refractivity contribution < 1.29 is 0 Å². The number of piperidine rings is 1. The quantitative estimate of drug-likeness (QED) is 0.893. The molecule has 0 radical (unpaired) electrons. The summed E-state index contributed by atoms with van der Waals surface area (Å²) in [7, 11) is 4.01. The van der Waals surface area contributed by atoms with Crippen LogP contribution in [-0.2, 0) is 13.6 Å². The second-order valence-electron chi connectivity index (χ2n) is 5.14. The van der Waals surface area contributed by atoms with Crippen LogP contribution in [0.1, 0.15) is 25.6 Å². The fraction of sp³-hybridized carbons (Fsp3) is 0.750. The monoisotopic (exact) mass is 256 g/mol. The van der Waals surface area contributed by atoms with E-state index in [2.05, 4.69) is 22.1 Å². The minimum Gasteiger partial charge on any atom is -0.321 e. The Bertz CT molecular complexity index is 380. The molecule has 1 aliphatic rings. The number of rotatable bonds is 3. The summed E-state index contributed by atoms with van der Waals surface area (Å²) in [5.41, 5.74) is 0.301. The molecule has 4 nitrogen and oxygen atoms in total. The molecule has 17 heavy (non-hydrogen) atoms. The van der Waals surface area contributed by atoms with Gasteiger partial charge in [0.15, 0.2) is 0 Å². The van der Waals surface area contributed by atoms with Crippen LogP contribution in [0.4, 0.5) is 0 Å². The molecule has 2 rings (SSSR count). The lowest BCUT2D eigenvalue weighted by atomic mass is 9.90. The van der Waals surface area contributed by atoms with Crippen LogP contribution in [0.25, 0.3) is 0 Å². The van der Waals surface area contributed by atoms with Crippen molar-refractivity contribution in [3.8, 4) is 0 Å². The summed E-state index contributed by atoms with van der Waals surface area (Å²) in [6.07, 6.45) is 4.09. The summed E-state index contributed by atoms with van der Waals surface area (Å²) in [6, 6.07) is 0. The molecule has 1 aliphatic heterocycles. The van der Waals surface area contributed by atoms with Gasteiger partial charge in [-0.05, 0) is 26.8 Å². The van der Waals surface area contributed by atoms with Gasteiger partial charge in [-0.2, -0.15) is 0 Å². The molecule has 0 atom stereocenters. The molecule has 0 amide bonds. The van der Waals surface area contributed by atoms with Gasteiger partial charge in [0, 0.05) is 25.7 Å². The normalized spacial score (nSPS) is 20.7. The number of hydrogen-bond acceptors (Lipinski definition) is 3. The standard InChI is InChI=1S/C12H21ClN4/c1-12(14-2)4-6-17(7-5-12)9-11-15-8-10(13)16(11)3/h8,14H,4-7,9H2,1-3H3. The minimum atomic E-state index is 0.301. The molecule has 1 saturated heterocycles. The smallest absolute Gasteiger partial charge is 0.128 e. The molecule has 5 heteroatoms. The highest BCUT2D eigenvalue weighted by atomic mass is 35.5. The van der Waals surface area contributed by atoms with Crippen molar-refractivity contribution >= 4 is 11.6 Å². The number of imidazole rings is 1. The Morgan fingerprint density at radius 1 is 1.47 bits per heavy atom. The number of hydrogen-bond donors (Lipinski definition) is 1. The highest BCUT2D eigenvalue weighted by molar-refractivity contribution is 6.29. The lowest BCUT2D eigenvalue weighted by molar-refractivity contribution is 0.142. The average molecular weight is 257 g/mol. The van der Waals surface area contributed by atoms with Gasteiger partial charge in [0.05, 0.1) is 12.7 Å². The molecule has 1 fully saturated rings. The zero-order valence-corrected chi connectivity index (χ0v) is 11.6. The summed E-state index contributed by atoms with van der Waals surface area (Å²) >= 11 is 5.99. The van der Waals surface area contributed by atoms with Crippen molar-refractivity contribution in [2.45, 2.75) is 31.8 Å². The number of halogens is 1. The molecule has 2 heterocycles. The molecule has 1 aromatic heterocycles. The van der Waals surface area contributed by atoms with Crippen molar-refractivity contribution in [2.75, 3.05) is 20.1 Å². The highest BCUT2D eigenvalue weighted by Gasteiger charge is 2.28. The van der Waals surface area contributed by atoms with Gasteiger partial charge < -0.3 is 9.88 Å². The number of aromatic nitrogens is 2. The molecule has 0 aliphatic carbocycles. The van der Waals surface area contributed by atoms with E-state index in [1.807, 2.05) is 18.7 Å². The van der Waals surface area contributed by atoms with Crippen molar-refractivity contribution in [1.82, 2.24) is 19.8 Å². The third-order valence-corrected chi connectivity index (χ3v) is 4.31. The maximum atomic E-state index is 5.99. The van der Waals surface area contributed by atoms with Gasteiger partial charge in [0.25, 0.3) is 0 Å². The summed E-state index contributed by atoms with van der Waals surface area (Å²) in [5.74, 6) is 1.04. The van der Waals surface area contributed by atoms with E-state index < -0.39 is 0 Å². The van der Waals surface area contributed by atoms with Crippen LogP contribution < -0.4 is 5.32 Å². The van der Waals surface area contributed by atoms with Gasteiger partial charge in [0.1, 0.15) is 11.0 Å². The van der Waals surface area contributed by atoms with E-state index in [9.17, 15) is 0 Å². The van der Waals surface area contributed by atoms with Crippen LogP contribution in [0, 0.1) is 0 Å². The average Bonchev–Trinajstić information content (AvgIpc) is 2.64. The minimum absolute atomic E-state index is 0.301. The molecule has 1 N–H and O–H groups in total. The Morgan fingerprint density at radius 2 is 2.12 bits per heavy atom. The fourth-order valence-electron chi connectivity index (χ4n) is 2.23. The van der Waals surface area contributed by atoms with Crippen molar-refractivity contribution in [3.05, 3.63) is 17.2 Å². The lowest BCUT2D eigenvalue weighted by Gasteiger charge is -2.39. The van der Waals surface area contributed by atoms with Gasteiger partial charge in [-0.1, -0.05) is 11.6 Å². The lowest BCUT2D eigenvalue weighted by Crippen LogP contribution is -2.49. The van der Waals surface area contributed by atoms with Crippen molar-refractivity contribution in [3.63, 3.8) is 0 Å². The highest BCUT2D eigenvalue weighted by Crippen LogP contribution is 2.22. The molecular weight excluding hydrogens is 236 g/mol. The topological polar surface area (TPSA) is 33.1 Å². The Hall–Kier alpha value is -0.580. The van der Waals surface area contributed by atoms with Gasteiger partial charge in [-0.3, -0.25) is 4.90 Å². The Balaban J connectivity index is 1.92. The predicted octanol–water partition coefficient (Wildman–Crippen LogP) is 1.65. The van der Waals surface area contributed by atoms with Crippen LogP contribution in [0.5, 0.6) is 0 Å². The SMILES string of the molecule is CNC1(C)CCN(Cc2ncc(Cl)n2C)CC1. The molecule has 0 bridgehead atoms. The molecule has 1 aromatic rings. The van der Waals surface area contributed by atoms with E-state index in [4.69, 9.17) is 11.6 Å². The molecular formula is C12H21ClN4. The Labute approximate surface area is 108 Å². The third-order valence-electron chi connectivity index (χ3n) is 3.96. The second-order valence-corrected chi connectivity index (χ2v) is 5.53. The van der Waals surface area contributed by atoms with Gasteiger partial charge in [-0.15, -0.1) is 0 Å². The first kappa shape index (κ1) is 12.9. The summed E-state index contributed by atoms with van der Waals surface area (Å²) in [4.78, 5) is 6.78. The van der Waals surface area contributed by atoms with Crippen LogP contribution in [0.2, 0.25) is 5.15 Å². The van der Waals surface area contributed by atoms with Crippen molar-refractivity contribution in [1.29, 1.82) is 0 Å². The number of nitrogens with zero attached hydrogens (tertiary/aromatic N) is 3. The molecule has 96 valence electrons. The van der Waals surface area contributed by atoms with E-state index in [0.29, 0.717) is 10.7 Å². The summed E-state index contributed by atoms with van der Waals surface area (Å²) in [5, 5.41) is 4.12. The molecule has 0 spiro atoms. The van der Waals surface area contributed by atoms with Crippen LogP contribution >= 0.6 is 11.6 Å². The van der Waals surface area contributed by atoms with Crippen LogP contribution in [0.3, 0.4) is 0 Å².